The SMILES string of the molecule is COCc1nc(N)cc(N(C)Cc2cccc(C#N)c2)n1. The molecule has 108 valence electrons. The highest BCUT2D eigenvalue weighted by Gasteiger charge is 2.08. The van der Waals surface area contributed by atoms with Crippen LogP contribution in [0.4, 0.5) is 11.6 Å². The zero-order valence-corrected chi connectivity index (χ0v) is 12.1. The molecule has 6 heteroatoms. The van der Waals surface area contributed by atoms with Crippen LogP contribution in [0.1, 0.15) is 17.0 Å². The van der Waals surface area contributed by atoms with Crippen LogP contribution in [0.15, 0.2) is 30.3 Å². The van der Waals surface area contributed by atoms with Crippen molar-refractivity contribution in [2.45, 2.75) is 13.2 Å². The van der Waals surface area contributed by atoms with E-state index in [4.69, 9.17) is 15.7 Å². The van der Waals surface area contributed by atoms with E-state index in [1.165, 1.54) is 0 Å². The molecule has 21 heavy (non-hydrogen) atoms. The lowest BCUT2D eigenvalue weighted by Crippen LogP contribution is -2.19. The highest BCUT2D eigenvalue weighted by molar-refractivity contribution is 5.47. The topological polar surface area (TPSA) is 88.1 Å². The van der Waals surface area contributed by atoms with Gasteiger partial charge in [-0.1, -0.05) is 12.1 Å². The number of nitrogens with two attached hydrogens (primary N) is 1. The summed E-state index contributed by atoms with van der Waals surface area (Å²) in [5.74, 6) is 1.67. The Morgan fingerprint density at radius 1 is 1.33 bits per heavy atom. The number of nitrogens with zero attached hydrogens (tertiary/aromatic N) is 4. The number of ether oxygens (including phenoxy) is 1. The van der Waals surface area contributed by atoms with Crippen LogP contribution in [-0.2, 0) is 17.9 Å². The molecule has 2 N–H and O–H groups in total. The Morgan fingerprint density at radius 2 is 2.14 bits per heavy atom. The van der Waals surface area contributed by atoms with Crippen LogP contribution in [0.5, 0.6) is 0 Å². The third kappa shape index (κ3) is 3.91. The number of hydrogen-bond acceptors (Lipinski definition) is 6. The molecule has 1 heterocycles. The summed E-state index contributed by atoms with van der Waals surface area (Å²) >= 11 is 0. The van der Waals surface area contributed by atoms with Gasteiger partial charge in [0.05, 0.1) is 11.6 Å². The van der Waals surface area contributed by atoms with Gasteiger partial charge in [-0.2, -0.15) is 5.26 Å². The van der Waals surface area contributed by atoms with Gasteiger partial charge in [0.25, 0.3) is 0 Å². The van der Waals surface area contributed by atoms with Gasteiger partial charge in [0.15, 0.2) is 5.82 Å². The van der Waals surface area contributed by atoms with Gasteiger partial charge in [-0.05, 0) is 17.7 Å². The second-order valence-corrected chi connectivity index (χ2v) is 4.67. The van der Waals surface area contributed by atoms with Crippen molar-refractivity contribution in [3.05, 3.63) is 47.3 Å². The molecule has 0 radical (unpaired) electrons. The van der Waals surface area contributed by atoms with Crippen molar-refractivity contribution in [2.75, 3.05) is 24.8 Å². The molecular weight excluding hydrogens is 266 g/mol. The summed E-state index contributed by atoms with van der Waals surface area (Å²) in [4.78, 5) is 10.5. The van der Waals surface area contributed by atoms with E-state index in [9.17, 15) is 0 Å². The van der Waals surface area contributed by atoms with Gasteiger partial charge in [-0.25, -0.2) is 9.97 Å². The maximum absolute atomic E-state index is 8.93. The van der Waals surface area contributed by atoms with E-state index in [-0.39, 0.29) is 0 Å². The Kier molecular flexibility index (Phi) is 4.69. The Bertz CT molecular complexity index is 665. The quantitative estimate of drug-likeness (QED) is 0.898. The van der Waals surface area contributed by atoms with Gasteiger partial charge in [0.1, 0.15) is 18.2 Å². The first-order chi connectivity index (χ1) is 10.1. The van der Waals surface area contributed by atoms with Gasteiger partial charge < -0.3 is 15.4 Å². The highest BCUT2D eigenvalue weighted by Crippen LogP contribution is 2.16. The van der Waals surface area contributed by atoms with Crippen LogP contribution in [0, 0.1) is 11.3 Å². The lowest BCUT2D eigenvalue weighted by atomic mass is 10.1. The summed E-state index contributed by atoms with van der Waals surface area (Å²) in [7, 11) is 3.50. The molecule has 2 aromatic rings. The molecule has 0 bridgehead atoms. The van der Waals surface area contributed by atoms with E-state index in [1.807, 2.05) is 30.1 Å². The summed E-state index contributed by atoms with van der Waals surface area (Å²) in [5, 5.41) is 8.93. The number of rotatable bonds is 5. The number of methoxy groups -OCH3 is 1. The molecule has 0 saturated carbocycles. The fraction of sp³-hybridized carbons (Fsp3) is 0.267. The predicted molar refractivity (Wildman–Crippen MR) is 80.4 cm³/mol. The van der Waals surface area contributed by atoms with E-state index in [0.717, 1.165) is 11.4 Å². The van der Waals surface area contributed by atoms with Crippen molar-refractivity contribution >= 4 is 11.6 Å². The van der Waals surface area contributed by atoms with Crippen LogP contribution < -0.4 is 10.6 Å². The number of benzene rings is 1. The smallest absolute Gasteiger partial charge is 0.158 e. The van der Waals surface area contributed by atoms with Gasteiger partial charge in [-0.3, -0.25) is 0 Å². The molecule has 0 spiro atoms. The Labute approximate surface area is 123 Å². The Morgan fingerprint density at radius 3 is 2.86 bits per heavy atom. The summed E-state index contributed by atoms with van der Waals surface area (Å²) in [6.45, 7) is 0.939. The molecule has 0 fully saturated rings. The average Bonchev–Trinajstić information content (AvgIpc) is 2.47. The molecule has 0 aliphatic carbocycles. The zero-order chi connectivity index (χ0) is 15.2. The lowest BCUT2D eigenvalue weighted by Gasteiger charge is -2.19. The van der Waals surface area contributed by atoms with E-state index in [1.54, 1.807) is 19.2 Å². The lowest BCUT2D eigenvalue weighted by molar-refractivity contribution is 0.178. The molecule has 1 aromatic heterocycles. The van der Waals surface area contributed by atoms with Crippen molar-refractivity contribution in [1.29, 1.82) is 5.26 Å². The molecule has 2 rings (SSSR count). The first-order valence-electron chi connectivity index (χ1n) is 6.45. The van der Waals surface area contributed by atoms with Gasteiger partial charge in [0, 0.05) is 26.8 Å². The molecule has 0 aliphatic rings. The van der Waals surface area contributed by atoms with Crippen molar-refractivity contribution in [1.82, 2.24) is 9.97 Å². The second-order valence-electron chi connectivity index (χ2n) is 4.67. The van der Waals surface area contributed by atoms with Crippen molar-refractivity contribution < 1.29 is 4.74 Å². The molecule has 6 nitrogen and oxygen atoms in total. The summed E-state index contributed by atoms with van der Waals surface area (Å²) < 4.78 is 5.03. The second kappa shape index (κ2) is 6.68. The molecule has 0 unspecified atom stereocenters. The van der Waals surface area contributed by atoms with Crippen LogP contribution in [0.25, 0.3) is 0 Å². The van der Waals surface area contributed by atoms with Crippen molar-refractivity contribution in [2.24, 2.45) is 0 Å². The molecule has 0 atom stereocenters. The molecule has 0 aliphatic heterocycles. The monoisotopic (exact) mass is 283 g/mol. The van der Waals surface area contributed by atoms with Gasteiger partial charge >= 0.3 is 0 Å². The molecular formula is C15H17N5O. The Balaban J connectivity index is 2.19. The van der Waals surface area contributed by atoms with Gasteiger partial charge in [0.2, 0.25) is 0 Å². The normalized spacial score (nSPS) is 10.1. The maximum Gasteiger partial charge on any atom is 0.158 e. The Hall–Kier alpha value is -2.65. The highest BCUT2D eigenvalue weighted by atomic mass is 16.5. The minimum Gasteiger partial charge on any atom is -0.384 e. The minimum atomic E-state index is 0.315. The van der Waals surface area contributed by atoms with E-state index in [2.05, 4.69) is 16.0 Å². The van der Waals surface area contributed by atoms with E-state index >= 15 is 0 Å². The van der Waals surface area contributed by atoms with Crippen LogP contribution in [0.2, 0.25) is 0 Å². The summed E-state index contributed by atoms with van der Waals surface area (Å²) in [5.41, 5.74) is 7.46. The largest absolute Gasteiger partial charge is 0.384 e. The molecule has 0 amide bonds. The number of anilines is 2. The fourth-order valence-corrected chi connectivity index (χ4v) is 1.99. The van der Waals surface area contributed by atoms with E-state index < -0.39 is 0 Å². The van der Waals surface area contributed by atoms with E-state index in [0.29, 0.717) is 30.4 Å². The first kappa shape index (κ1) is 14.8. The summed E-state index contributed by atoms with van der Waals surface area (Å²) in [6.07, 6.45) is 0. The van der Waals surface area contributed by atoms with Crippen molar-refractivity contribution in [3.8, 4) is 6.07 Å². The number of aromatic nitrogens is 2. The minimum absolute atomic E-state index is 0.315. The van der Waals surface area contributed by atoms with Crippen LogP contribution in [-0.4, -0.2) is 24.1 Å². The fourth-order valence-electron chi connectivity index (χ4n) is 1.99. The summed E-state index contributed by atoms with van der Waals surface area (Å²) in [6, 6.07) is 11.3. The third-order valence-electron chi connectivity index (χ3n) is 2.92. The number of nitriles is 1. The zero-order valence-electron chi connectivity index (χ0n) is 12.1. The third-order valence-corrected chi connectivity index (χ3v) is 2.92. The predicted octanol–water partition coefficient (Wildman–Crippen LogP) is 1.71. The van der Waals surface area contributed by atoms with Crippen LogP contribution in [0.3, 0.4) is 0 Å². The molecule has 0 saturated heterocycles. The number of nitrogen functional groups attached to an aromatic ring is 1. The number of hydrogen-bond donors (Lipinski definition) is 1. The standard InChI is InChI=1S/C15H17N5O/c1-20(9-12-5-3-4-11(6-12)8-16)15-7-13(17)18-14(19-15)10-21-2/h3-7H,9-10H2,1-2H3,(H2,17,18,19). The maximum atomic E-state index is 8.93. The van der Waals surface area contributed by atoms with Crippen LogP contribution >= 0.6 is 0 Å². The molecule has 1 aromatic carbocycles. The van der Waals surface area contributed by atoms with Crippen molar-refractivity contribution in [3.63, 3.8) is 0 Å². The first-order valence-corrected chi connectivity index (χ1v) is 6.45. The average molecular weight is 283 g/mol. The van der Waals surface area contributed by atoms with Gasteiger partial charge in [-0.15, -0.1) is 0 Å².